The van der Waals surface area contributed by atoms with Crippen LogP contribution < -0.4 is 4.90 Å². The standard InChI is InChI=1S/C19H18ClNO3/c1-12-16(13-6-5-7-14(20)10-13)11-17-21(15-8-3-2-4-9-15)18(22)19(12,23)24-17/h2-10,12,16-17,23H,11H2,1H3/t12-,16-,17-,19-/m1/s1. The van der Waals surface area contributed by atoms with Gasteiger partial charge in [0.1, 0.15) is 6.23 Å². The van der Waals surface area contributed by atoms with Crippen LogP contribution >= 0.6 is 11.6 Å². The van der Waals surface area contributed by atoms with E-state index in [-0.39, 0.29) is 11.8 Å². The van der Waals surface area contributed by atoms with E-state index >= 15 is 0 Å². The Morgan fingerprint density at radius 1 is 1.21 bits per heavy atom. The first-order valence-corrected chi connectivity index (χ1v) is 8.43. The van der Waals surface area contributed by atoms with Gasteiger partial charge >= 0.3 is 0 Å². The lowest BCUT2D eigenvalue weighted by Crippen LogP contribution is -2.48. The normalized spacial score (nSPS) is 32.2. The lowest BCUT2D eigenvalue weighted by molar-refractivity contribution is -0.239. The van der Waals surface area contributed by atoms with Crippen LogP contribution in [0.5, 0.6) is 0 Å². The quantitative estimate of drug-likeness (QED) is 0.907. The van der Waals surface area contributed by atoms with Crippen LogP contribution in [0.4, 0.5) is 5.69 Å². The first-order chi connectivity index (χ1) is 11.5. The molecule has 1 N–H and O–H groups in total. The molecule has 2 aromatic carbocycles. The monoisotopic (exact) mass is 343 g/mol. The van der Waals surface area contributed by atoms with Crippen molar-refractivity contribution in [1.82, 2.24) is 0 Å². The number of anilines is 1. The van der Waals surface area contributed by atoms with Gasteiger partial charge < -0.3 is 9.84 Å². The Kier molecular flexibility index (Phi) is 3.64. The Morgan fingerprint density at radius 2 is 1.96 bits per heavy atom. The number of para-hydroxylation sites is 1. The van der Waals surface area contributed by atoms with Crippen LogP contribution in [-0.2, 0) is 9.53 Å². The molecule has 4 nitrogen and oxygen atoms in total. The predicted octanol–water partition coefficient (Wildman–Crippen LogP) is 3.54. The number of amides is 1. The molecular weight excluding hydrogens is 326 g/mol. The highest BCUT2D eigenvalue weighted by Gasteiger charge is 2.61. The van der Waals surface area contributed by atoms with Crippen molar-refractivity contribution in [1.29, 1.82) is 0 Å². The molecule has 0 saturated carbocycles. The second kappa shape index (κ2) is 5.59. The SMILES string of the molecule is C[C@@H]1[C@H](c2cccc(Cl)c2)C[C@H]2O[C@@]1(O)C(=O)N2c1ccccc1. The Morgan fingerprint density at radius 3 is 2.67 bits per heavy atom. The molecule has 2 heterocycles. The van der Waals surface area contributed by atoms with Crippen molar-refractivity contribution < 1.29 is 14.6 Å². The summed E-state index contributed by atoms with van der Waals surface area (Å²) in [6.45, 7) is 1.86. The van der Waals surface area contributed by atoms with E-state index in [9.17, 15) is 9.90 Å². The third-order valence-electron chi connectivity index (χ3n) is 5.12. The average Bonchev–Trinajstić information content (AvgIpc) is 2.80. The summed E-state index contributed by atoms with van der Waals surface area (Å²) in [5.41, 5.74) is 1.76. The average molecular weight is 344 g/mol. The van der Waals surface area contributed by atoms with E-state index in [2.05, 4.69) is 0 Å². The maximum absolute atomic E-state index is 12.9. The number of halogens is 1. The summed E-state index contributed by atoms with van der Waals surface area (Å²) in [6, 6.07) is 16.9. The largest absolute Gasteiger partial charge is 0.358 e. The summed E-state index contributed by atoms with van der Waals surface area (Å²) >= 11 is 6.12. The lowest BCUT2D eigenvalue weighted by atomic mass is 9.78. The number of hydrogen-bond donors (Lipinski definition) is 1. The van der Waals surface area contributed by atoms with Gasteiger partial charge in [0.25, 0.3) is 11.7 Å². The number of rotatable bonds is 2. The summed E-state index contributed by atoms with van der Waals surface area (Å²) in [4.78, 5) is 14.5. The predicted molar refractivity (Wildman–Crippen MR) is 91.7 cm³/mol. The second-order valence-electron chi connectivity index (χ2n) is 6.47. The smallest absolute Gasteiger partial charge is 0.289 e. The molecule has 2 bridgehead atoms. The highest BCUT2D eigenvalue weighted by molar-refractivity contribution is 6.30. The Bertz CT molecular complexity index is 781. The fourth-order valence-electron chi connectivity index (χ4n) is 3.80. The van der Waals surface area contributed by atoms with E-state index in [0.717, 1.165) is 11.3 Å². The Hall–Kier alpha value is -1.88. The van der Waals surface area contributed by atoms with Crippen LogP contribution in [0.2, 0.25) is 5.02 Å². The lowest BCUT2D eigenvalue weighted by Gasteiger charge is -2.38. The first kappa shape index (κ1) is 15.6. The van der Waals surface area contributed by atoms with Crippen molar-refractivity contribution in [2.45, 2.75) is 31.3 Å². The molecule has 1 amide bonds. The second-order valence-corrected chi connectivity index (χ2v) is 6.90. The van der Waals surface area contributed by atoms with Crippen LogP contribution in [0.3, 0.4) is 0 Å². The molecule has 0 spiro atoms. The summed E-state index contributed by atoms with van der Waals surface area (Å²) in [5.74, 6) is -2.57. The van der Waals surface area contributed by atoms with Crippen molar-refractivity contribution >= 4 is 23.2 Å². The molecule has 2 aliphatic heterocycles. The van der Waals surface area contributed by atoms with Gasteiger partial charge in [-0.1, -0.05) is 48.9 Å². The van der Waals surface area contributed by atoms with Crippen molar-refractivity contribution in [3.8, 4) is 0 Å². The molecule has 2 aliphatic rings. The van der Waals surface area contributed by atoms with Gasteiger partial charge in [0.15, 0.2) is 0 Å². The highest BCUT2D eigenvalue weighted by Crippen LogP contribution is 2.49. The van der Waals surface area contributed by atoms with Crippen molar-refractivity contribution in [2.75, 3.05) is 4.90 Å². The van der Waals surface area contributed by atoms with Crippen molar-refractivity contribution in [3.63, 3.8) is 0 Å². The summed E-state index contributed by atoms with van der Waals surface area (Å²) in [5, 5.41) is 11.6. The molecule has 4 atom stereocenters. The maximum atomic E-state index is 12.9. The number of aliphatic hydroxyl groups is 1. The number of nitrogens with zero attached hydrogens (tertiary/aromatic N) is 1. The summed E-state index contributed by atoms with van der Waals surface area (Å²) < 4.78 is 5.76. The number of fused-ring (bicyclic) bond motifs is 2. The molecule has 124 valence electrons. The van der Waals surface area contributed by atoms with E-state index < -0.39 is 17.9 Å². The van der Waals surface area contributed by atoms with E-state index in [0.29, 0.717) is 11.4 Å². The third kappa shape index (κ3) is 2.25. The van der Waals surface area contributed by atoms with Crippen LogP contribution in [-0.4, -0.2) is 23.0 Å². The maximum Gasteiger partial charge on any atom is 0.289 e. The number of ether oxygens (including phenoxy) is 1. The Labute approximate surface area is 145 Å². The molecule has 5 heteroatoms. The van der Waals surface area contributed by atoms with Gasteiger partial charge in [0, 0.05) is 23.0 Å². The molecule has 4 rings (SSSR count). The van der Waals surface area contributed by atoms with E-state index in [1.54, 1.807) is 4.90 Å². The zero-order valence-electron chi connectivity index (χ0n) is 13.2. The minimum Gasteiger partial charge on any atom is -0.358 e. The van der Waals surface area contributed by atoms with E-state index in [4.69, 9.17) is 16.3 Å². The fraction of sp³-hybridized carbons (Fsp3) is 0.316. The molecular formula is C19H18ClNO3. The van der Waals surface area contributed by atoms with Crippen LogP contribution in [0.25, 0.3) is 0 Å². The first-order valence-electron chi connectivity index (χ1n) is 8.05. The molecule has 2 fully saturated rings. The molecule has 0 unspecified atom stereocenters. The van der Waals surface area contributed by atoms with Gasteiger partial charge in [0.2, 0.25) is 0 Å². The van der Waals surface area contributed by atoms with Gasteiger partial charge in [-0.3, -0.25) is 9.69 Å². The molecule has 2 saturated heterocycles. The van der Waals surface area contributed by atoms with Gasteiger partial charge in [-0.15, -0.1) is 0 Å². The summed E-state index contributed by atoms with van der Waals surface area (Å²) in [6.07, 6.45) is 0.134. The van der Waals surface area contributed by atoms with E-state index in [1.807, 2.05) is 61.5 Å². The molecule has 0 aromatic heterocycles. The molecule has 0 radical (unpaired) electrons. The zero-order valence-corrected chi connectivity index (χ0v) is 14.0. The van der Waals surface area contributed by atoms with Crippen molar-refractivity contribution in [2.24, 2.45) is 5.92 Å². The highest BCUT2D eigenvalue weighted by atomic mass is 35.5. The molecule has 0 aliphatic carbocycles. The van der Waals surface area contributed by atoms with Crippen LogP contribution in [0.15, 0.2) is 54.6 Å². The molecule has 24 heavy (non-hydrogen) atoms. The van der Waals surface area contributed by atoms with Crippen molar-refractivity contribution in [3.05, 3.63) is 65.2 Å². The molecule has 2 aromatic rings. The number of hydrogen-bond acceptors (Lipinski definition) is 3. The Balaban J connectivity index is 1.74. The van der Waals surface area contributed by atoms with E-state index in [1.165, 1.54) is 0 Å². The fourth-order valence-corrected chi connectivity index (χ4v) is 4.00. The van der Waals surface area contributed by atoms with Gasteiger partial charge in [-0.05, 0) is 35.7 Å². The van der Waals surface area contributed by atoms with Crippen LogP contribution in [0, 0.1) is 5.92 Å². The van der Waals surface area contributed by atoms with Gasteiger partial charge in [-0.2, -0.15) is 0 Å². The third-order valence-corrected chi connectivity index (χ3v) is 5.35. The number of carbonyl (C=O) groups excluding carboxylic acids is 1. The van der Waals surface area contributed by atoms with Crippen LogP contribution in [0.1, 0.15) is 24.8 Å². The van der Waals surface area contributed by atoms with Gasteiger partial charge in [-0.25, -0.2) is 0 Å². The topological polar surface area (TPSA) is 49.8 Å². The summed E-state index contributed by atoms with van der Waals surface area (Å²) in [7, 11) is 0. The minimum absolute atomic E-state index is 0.00916. The number of benzene rings is 2. The van der Waals surface area contributed by atoms with Gasteiger partial charge in [0.05, 0.1) is 0 Å². The minimum atomic E-state index is -1.80. The zero-order chi connectivity index (χ0) is 16.9. The number of carbonyl (C=O) groups is 1.